The first-order valence-electron chi connectivity index (χ1n) is 40.3. The van der Waals surface area contributed by atoms with E-state index in [1.54, 1.807) is 22.7 Å². The van der Waals surface area contributed by atoms with E-state index >= 15 is 0 Å². The second-order valence-corrected chi connectivity index (χ2v) is 32.5. The maximum Gasteiger partial charge on any atom is 0.165 e. The van der Waals surface area contributed by atoms with E-state index < -0.39 is 0 Å². The summed E-state index contributed by atoms with van der Waals surface area (Å²) in [4.78, 5) is 31.1. The third-order valence-electron chi connectivity index (χ3n) is 23.5. The summed E-state index contributed by atoms with van der Waals surface area (Å²) < 4.78 is 14.4. The summed E-state index contributed by atoms with van der Waals surface area (Å²) >= 11 is 3.58. The maximum atomic E-state index is 5.26. The number of benzene rings is 17. The zero-order valence-electron chi connectivity index (χ0n) is 64.4. The fraction of sp³-hybridized carbons (Fsp3) is 0. The lowest BCUT2D eigenvalue weighted by molar-refractivity contribution is 1.07. The number of thiophene rings is 2. The molecule has 8 heterocycles. The van der Waals surface area contributed by atoms with Gasteiger partial charge in [0.15, 0.2) is 34.9 Å². The van der Waals surface area contributed by atoms with Crippen LogP contribution in [0.2, 0.25) is 0 Å². The van der Waals surface area contributed by atoms with Gasteiger partial charge in [-0.05, 0) is 114 Å². The highest BCUT2D eigenvalue weighted by Gasteiger charge is 2.26. The summed E-state index contributed by atoms with van der Waals surface area (Å²) in [5, 5.41) is 14.6. The predicted molar refractivity (Wildman–Crippen MR) is 501 cm³/mol. The van der Waals surface area contributed by atoms with Crippen molar-refractivity contribution in [1.82, 2.24) is 48.2 Å². The van der Waals surface area contributed by atoms with E-state index in [4.69, 9.17) is 29.9 Å². The van der Waals surface area contributed by atoms with Crippen LogP contribution in [0.15, 0.2) is 400 Å². The van der Waals surface area contributed by atoms with E-state index in [9.17, 15) is 0 Å². The molecule has 0 aliphatic heterocycles. The van der Waals surface area contributed by atoms with Crippen LogP contribution >= 0.6 is 22.7 Å². The van der Waals surface area contributed by atoms with Crippen molar-refractivity contribution < 1.29 is 0 Å². The SMILES string of the molecule is c1ccc(-c2nc(-c3ccccc3)nc(-c3cc(-n4c5ccccc5c5ccc(-c6ccc7c8ccccc8n(-c8ccccc8)c7c6)cc54)cc4c3sc3ccccc34)n2)cc1.c1ccc(-c2nc(-c3ccccc3)nc(-c3cc(-n4c5ccccc5c5ccc(-n6c7ccccc7c7ccccc76)cc54)cc4c3sc3ccccc34)n2)cc1. The van der Waals surface area contributed by atoms with Gasteiger partial charge in [-0.2, -0.15) is 0 Å². The fourth-order valence-corrected chi connectivity index (χ4v) is 20.5. The third-order valence-corrected chi connectivity index (χ3v) is 26.0. The van der Waals surface area contributed by atoms with Gasteiger partial charge in [-0.25, -0.2) is 29.9 Å². The Morgan fingerprint density at radius 2 is 0.425 bits per heavy atom. The molecule has 12 heteroatoms. The first-order chi connectivity index (χ1) is 59.5. The van der Waals surface area contributed by atoms with Crippen molar-refractivity contribution in [2.24, 2.45) is 0 Å². The molecule has 10 nitrogen and oxygen atoms in total. The van der Waals surface area contributed by atoms with Crippen molar-refractivity contribution >= 4 is 150 Å². The van der Waals surface area contributed by atoms with E-state index in [-0.39, 0.29) is 0 Å². The molecule has 0 aliphatic carbocycles. The van der Waals surface area contributed by atoms with Gasteiger partial charge in [0.2, 0.25) is 0 Å². The van der Waals surface area contributed by atoms with Crippen molar-refractivity contribution in [3.63, 3.8) is 0 Å². The Labute approximate surface area is 696 Å². The zero-order valence-corrected chi connectivity index (χ0v) is 66.0. The molecule has 8 aromatic heterocycles. The van der Waals surface area contributed by atoms with Crippen LogP contribution in [0.5, 0.6) is 0 Å². The highest BCUT2D eigenvalue weighted by Crippen LogP contribution is 2.48. The van der Waals surface area contributed by atoms with Crippen molar-refractivity contribution in [3.05, 3.63) is 400 Å². The lowest BCUT2D eigenvalue weighted by Crippen LogP contribution is -2.01. The number of hydrogen-bond donors (Lipinski definition) is 0. The van der Waals surface area contributed by atoms with Crippen LogP contribution in [0.1, 0.15) is 0 Å². The van der Waals surface area contributed by atoms with Crippen LogP contribution in [-0.4, -0.2) is 48.2 Å². The Balaban J connectivity index is 0.000000137. The standard InChI is InChI=1S/C57H35N5S.C51H31N5S/c1-4-16-36(17-5-1)55-58-56(37-18-6-2-7-19-37)60-57(59-55)48-35-41(34-47-46-24-12-15-27-53(46)63-54(47)48)62-50-26-14-11-23-43(50)45-31-29-39(33-52(45)62)38-28-30-44-42-22-10-13-25-49(42)61(51(44)32-38)40-20-8-3-9-21-40;1-3-15-32(16-4-1)49-52-50(33-17-5-2-6-18-33)54-51(53-49)42-30-35(29-41-40-22-10-14-26-47(40)57-48(41)42)56-45-25-13-9-21-38(45)39-28-27-34(31-46(39)56)55-43-23-11-7-19-36(43)37-20-8-12-24-44(37)55/h1-35H;1-31H. The summed E-state index contributed by atoms with van der Waals surface area (Å²) in [6.07, 6.45) is 0. The monoisotopic (exact) mass is 1570 g/mol. The molecular formula is C108H66N10S2. The minimum Gasteiger partial charge on any atom is -0.309 e. The third kappa shape index (κ3) is 11.4. The number of para-hydroxylation sites is 6. The van der Waals surface area contributed by atoms with Gasteiger partial charge in [0.1, 0.15) is 0 Å². The van der Waals surface area contributed by atoms with Crippen LogP contribution in [0.3, 0.4) is 0 Å². The smallest absolute Gasteiger partial charge is 0.165 e. The first-order valence-corrected chi connectivity index (χ1v) is 41.9. The van der Waals surface area contributed by atoms with E-state index in [0.717, 1.165) is 98.7 Å². The van der Waals surface area contributed by atoms with E-state index in [0.29, 0.717) is 34.9 Å². The molecular weight excluding hydrogens is 1500 g/mol. The molecule has 25 rings (SSSR count). The lowest BCUT2D eigenvalue weighted by atomic mass is 10.0. The normalized spacial score (nSPS) is 11.8. The molecule has 0 saturated heterocycles. The van der Waals surface area contributed by atoms with Gasteiger partial charge in [-0.15, -0.1) is 22.7 Å². The van der Waals surface area contributed by atoms with Gasteiger partial charge in [-0.3, -0.25) is 0 Å². The van der Waals surface area contributed by atoms with Gasteiger partial charge in [0.25, 0.3) is 0 Å². The highest BCUT2D eigenvalue weighted by molar-refractivity contribution is 7.26. The van der Waals surface area contributed by atoms with Gasteiger partial charge in [0, 0.05) is 140 Å². The van der Waals surface area contributed by atoms with Crippen LogP contribution < -0.4 is 0 Å². The van der Waals surface area contributed by atoms with E-state index in [1.807, 2.05) is 72.8 Å². The first kappa shape index (κ1) is 68.8. The molecule has 0 aliphatic rings. The van der Waals surface area contributed by atoms with Gasteiger partial charge in [0.05, 0.1) is 44.1 Å². The lowest BCUT2D eigenvalue weighted by Gasteiger charge is -2.14. The van der Waals surface area contributed by atoms with Crippen molar-refractivity contribution in [1.29, 1.82) is 0 Å². The Kier molecular flexibility index (Phi) is 16.1. The van der Waals surface area contributed by atoms with Crippen molar-refractivity contribution in [2.75, 3.05) is 0 Å². The highest BCUT2D eigenvalue weighted by atomic mass is 32.1. The summed E-state index contributed by atoms with van der Waals surface area (Å²) in [6.45, 7) is 0. The molecule has 0 saturated carbocycles. The molecule has 0 radical (unpaired) electrons. The summed E-state index contributed by atoms with van der Waals surface area (Å²) in [6, 6.07) is 142. The second kappa shape index (κ2) is 28.1. The summed E-state index contributed by atoms with van der Waals surface area (Å²) in [5.41, 5.74) is 21.7. The average Bonchev–Trinajstić information content (AvgIpc) is 1.56. The molecule has 0 spiro atoms. The summed E-state index contributed by atoms with van der Waals surface area (Å²) in [7, 11) is 0. The molecule has 0 N–H and O–H groups in total. The largest absolute Gasteiger partial charge is 0.309 e. The molecule has 560 valence electrons. The topological polar surface area (TPSA) is 97.1 Å². The number of rotatable bonds is 11. The molecule has 0 fully saturated rings. The molecule has 25 aromatic rings. The minimum absolute atomic E-state index is 0.642. The van der Waals surface area contributed by atoms with Crippen LogP contribution in [0.4, 0.5) is 0 Å². The van der Waals surface area contributed by atoms with Gasteiger partial charge < -0.3 is 18.3 Å². The molecule has 17 aromatic carbocycles. The average molecular weight is 1570 g/mol. The van der Waals surface area contributed by atoms with Gasteiger partial charge >= 0.3 is 0 Å². The molecule has 0 atom stereocenters. The van der Waals surface area contributed by atoms with Crippen LogP contribution in [0.25, 0.3) is 230 Å². The van der Waals surface area contributed by atoms with E-state index in [2.05, 4.69) is 346 Å². The van der Waals surface area contributed by atoms with Crippen molar-refractivity contribution in [2.45, 2.75) is 0 Å². The molecule has 120 heavy (non-hydrogen) atoms. The predicted octanol–water partition coefficient (Wildman–Crippen LogP) is 28.5. The quantitative estimate of drug-likeness (QED) is 0.128. The van der Waals surface area contributed by atoms with Crippen LogP contribution in [-0.2, 0) is 0 Å². The Bertz CT molecular complexity index is 8240. The molecule has 0 bridgehead atoms. The van der Waals surface area contributed by atoms with E-state index in [1.165, 1.54) is 96.1 Å². The number of aromatic nitrogens is 10. The zero-order chi connectivity index (χ0) is 78.9. The molecule has 0 unspecified atom stereocenters. The molecule has 0 amide bonds. The Hall–Kier alpha value is -15.6. The van der Waals surface area contributed by atoms with Gasteiger partial charge in [-0.1, -0.05) is 297 Å². The summed E-state index contributed by atoms with van der Waals surface area (Å²) in [5.74, 6) is 3.86. The maximum absolute atomic E-state index is 5.26. The second-order valence-electron chi connectivity index (χ2n) is 30.4. The number of hydrogen-bond acceptors (Lipinski definition) is 8. The van der Waals surface area contributed by atoms with Crippen molar-refractivity contribution in [3.8, 4) is 102 Å². The minimum atomic E-state index is 0.642. The fourth-order valence-electron chi connectivity index (χ4n) is 18.1. The van der Waals surface area contributed by atoms with Crippen LogP contribution in [0, 0.1) is 0 Å². The number of fused-ring (bicyclic) bond motifs is 18. The number of nitrogens with zero attached hydrogens (tertiary/aromatic N) is 10. The Morgan fingerprint density at radius 3 is 0.783 bits per heavy atom. The Morgan fingerprint density at radius 1 is 0.158 bits per heavy atom.